The van der Waals surface area contributed by atoms with Gasteiger partial charge in [0.15, 0.2) is 14.9 Å². The molecule has 0 amide bonds. The SMILES string of the molecule is CC(C)(C)c1c[nH]c(=O)c(Br)n1.CC(C)(C)c1cnc(Cl)c(Cl)n1. The number of nitrogens with zero attached hydrogens (tertiary/aromatic N) is 3. The molecule has 0 aliphatic carbocycles. The van der Waals surface area contributed by atoms with Crippen LogP contribution in [0.2, 0.25) is 10.3 Å². The Morgan fingerprint density at radius 2 is 1.50 bits per heavy atom. The summed E-state index contributed by atoms with van der Waals surface area (Å²) in [5, 5.41) is 0.522. The number of hydrogen-bond donors (Lipinski definition) is 1. The quantitative estimate of drug-likeness (QED) is 0.637. The van der Waals surface area contributed by atoms with Gasteiger partial charge in [-0.15, -0.1) is 0 Å². The van der Waals surface area contributed by atoms with Crippen LogP contribution in [-0.2, 0) is 10.8 Å². The van der Waals surface area contributed by atoms with Gasteiger partial charge in [0.2, 0.25) is 0 Å². The summed E-state index contributed by atoms with van der Waals surface area (Å²) in [4.78, 5) is 25.7. The molecule has 1 N–H and O–H groups in total. The average molecular weight is 436 g/mol. The molecule has 132 valence electrons. The zero-order valence-corrected chi connectivity index (χ0v) is 17.6. The fourth-order valence-electron chi connectivity index (χ4n) is 1.48. The number of halogens is 3. The molecule has 0 saturated heterocycles. The van der Waals surface area contributed by atoms with E-state index in [9.17, 15) is 4.79 Å². The van der Waals surface area contributed by atoms with E-state index in [0.717, 1.165) is 11.4 Å². The second-order valence-corrected chi connectivity index (χ2v) is 8.71. The van der Waals surface area contributed by atoms with E-state index < -0.39 is 0 Å². The lowest BCUT2D eigenvalue weighted by Crippen LogP contribution is -2.18. The van der Waals surface area contributed by atoms with Crippen LogP contribution in [0.15, 0.2) is 21.8 Å². The van der Waals surface area contributed by atoms with Gasteiger partial charge in [0.25, 0.3) is 5.56 Å². The minimum Gasteiger partial charge on any atom is -0.325 e. The summed E-state index contributed by atoms with van der Waals surface area (Å²) in [5.41, 5.74) is 1.45. The monoisotopic (exact) mass is 434 g/mol. The fraction of sp³-hybridized carbons (Fsp3) is 0.500. The molecule has 0 saturated carbocycles. The third-order valence-corrected chi connectivity index (χ3v) is 4.15. The van der Waals surface area contributed by atoms with E-state index in [1.165, 1.54) is 0 Å². The molecule has 0 unspecified atom stereocenters. The van der Waals surface area contributed by atoms with Crippen molar-refractivity contribution in [3.8, 4) is 0 Å². The molecular weight excluding hydrogens is 415 g/mol. The van der Waals surface area contributed by atoms with Gasteiger partial charge in [-0.3, -0.25) is 4.79 Å². The van der Waals surface area contributed by atoms with Crippen molar-refractivity contribution in [2.24, 2.45) is 0 Å². The van der Waals surface area contributed by atoms with Crippen molar-refractivity contribution in [2.75, 3.05) is 0 Å². The molecule has 5 nitrogen and oxygen atoms in total. The number of hydrogen-bond acceptors (Lipinski definition) is 4. The predicted molar refractivity (Wildman–Crippen MR) is 102 cm³/mol. The summed E-state index contributed by atoms with van der Waals surface area (Å²) >= 11 is 14.4. The van der Waals surface area contributed by atoms with Gasteiger partial charge in [-0.25, -0.2) is 15.0 Å². The van der Waals surface area contributed by atoms with E-state index in [1.807, 2.05) is 41.5 Å². The van der Waals surface area contributed by atoms with Gasteiger partial charge in [0.1, 0.15) is 0 Å². The van der Waals surface area contributed by atoms with Crippen LogP contribution in [0.5, 0.6) is 0 Å². The molecule has 2 heterocycles. The Kier molecular flexibility index (Phi) is 6.96. The van der Waals surface area contributed by atoms with Crippen molar-refractivity contribution in [1.82, 2.24) is 19.9 Å². The maximum Gasteiger partial charge on any atom is 0.281 e. The van der Waals surface area contributed by atoms with Gasteiger partial charge in [0, 0.05) is 17.0 Å². The molecule has 2 aromatic rings. The second kappa shape index (κ2) is 7.93. The summed E-state index contributed by atoms with van der Waals surface area (Å²) < 4.78 is 0.343. The van der Waals surface area contributed by atoms with Gasteiger partial charge in [-0.05, 0) is 15.9 Å². The Bertz CT molecular complexity index is 764. The number of H-pyrrole nitrogens is 1. The Labute approximate surface area is 160 Å². The number of nitrogens with one attached hydrogen (secondary N) is 1. The molecule has 0 fully saturated rings. The summed E-state index contributed by atoms with van der Waals surface area (Å²) in [6, 6.07) is 0. The molecule has 8 heteroatoms. The molecule has 0 atom stereocenters. The minimum atomic E-state index is -0.192. The maximum absolute atomic E-state index is 10.9. The minimum absolute atomic E-state index is 0.0350. The van der Waals surface area contributed by atoms with E-state index in [2.05, 4.69) is 35.9 Å². The highest BCUT2D eigenvalue weighted by Gasteiger charge is 2.17. The fourth-order valence-corrected chi connectivity index (χ4v) is 2.02. The lowest BCUT2D eigenvalue weighted by molar-refractivity contribution is 0.562. The van der Waals surface area contributed by atoms with E-state index in [1.54, 1.807) is 12.4 Å². The van der Waals surface area contributed by atoms with Crippen LogP contribution in [-0.4, -0.2) is 19.9 Å². The van der Waals surface area contributed by atoms with E-state index in [-0.39, 0.29) is 26.7 Å². The van der Waals surface area contributed by atoms with Gasteiger partial charge in [-0.2, -0.15) is 0 Å². The van der Waals surface area contributed by atoms with Crippen LogP contribution in [0, 0.1) is 0 Å². The second-order valence-electron chi connectivity index (χ2n) is 7.24. The van der Waals surface area contributed by atoms with Crippen molar-refractivity contribution >= 4 is 39.1 Å². The Morgan fingerprint density at radius 3 is 1.92 bits per heavy atom. The summed E-state index contributed by atoms with van der Waals surface area (Å²) in [5.74, 6) is 0. The van der Waals surface area contributed by atoms with Crippen molar-refractivity contribution in [3.63, 3.8) is 0 Å². The van der Waals surface area contributed by atoms with Crippen LogP contribution in [0.3, 0.4) is 0 Å². The maximum atomic E-state index is 10.9. The van der Waals surface area contributed by atoms with E-state index in [0.29, 0.717) is 4.60 Å². The van der Waals surface area contributed by atoms with E-state index >= 15 is 0 Å². The Balaban J connectivity index is 0.000000240. The predicted octanol–water partition coefficient (Wildman–Crippen LogP) is 4.91. The summed E-state index contributed by atoms with van der Waals surface area (Å²) in [6.45, 7) is 12.3. The number of aromatic nitrogens is 4. The number of rotatable bonds is 0. The first-order chi connectivity index (χ1) is 10.8. The van der Waals surface area contributed by atoms with Crippen LogP contribution in [0.4, 0.5) is 0 Å². The molecule has 0 radical (unpaired) electrons. The van der Waals surface area contributed by atoms with Crippen LogP contribution >= 0.6 is 39.1 Å². The standard InChI is InChI=1S/C8H11BrN2O.C8H10Cl2N2/c1-8(2,3)5-4-10-7(12)6(9)11-5;1-8(2,3)5-4-11-6(9)7(10)12-5/h4H,1-3H3,(H,10,12);4H,1-3H3. The van der Waals surface area contributed by atoms with E-state index in [4.69, 9.17) is 23.2 Å². The highest BCUT2D eigenvalue weighted by molar-refractivity contribution is 9.10. The van der Waals surface area contributed by atoms with Crippen molar-refractivity contribution < 1.29 is 0 Å². The highest BCUT2D eigenvalue weighted by Crippen LogP contribution is 2.23. The zero-order valence-electron chi connectivity index (χ0n) is 14.5. The third-order valence-electron chi connectivity index (χ3n) is 2.97. The first-order valence-electron chi connectivity index (χ1n) is 7.26. The van der Waals surface area contributed by atoms with Crippen LogP contribution in [0.25, 0.3) is 0 Å². The van der Waals surface area contributed by atoms with Crippen molar-refractivity contribution in [2.45, 2.75) is 52.4 Å². The lowest BCUT2D eigenvalue weighted by Gasteiger charge is -2.16. The Morgan fingerprint density at radius 1 is 0.958 bits per heavy atom. The van der Waals surface area contributed by atoms with Crippen LogP contribution in [0.1, 0.15) is 52.9 Å². The van der Waals surface area contributed by atoms with Gasteiger partial charge in [-0.1, -0.05) is 64.7 Å². The van der Waals surface area contributed by atoms with Crippen molar-refractivity contribution in [1.29, 1.82) is 0 Å². The molecule has 0 aliphatic heterocycles. The summed E-state index contributed by atoms with van der Waals surface area (Å²) in [6.07, 6.45) is 3.29. The molecule has 0 bridgehead atoms. The molecule has 2 rings (SSSR count). The normalized spacial score (nSPS) is 11.7. The molecular formula is C16H21BrCl2N4O. The largest absolute Gasteiger partial charge is 0.325 e. The molecule has 0 spiro atoms. The molecule has 24 heavy (non-hydrogen) atoms. The molecule has 0 aliphatic rings. The molecule has 2 aromatic heterocycles. The highest BCUT2D eigenvalue weighted by atomic mass is 79.9. The zero-order chi connectivity index (χ0) is 18.7. The first kappa shape index (κ1) is 21.1. The van der Waals surface area contributed by atoms with Gasteiger partial charge in [0.05, 0.1) is 17.6 Å². The smallest absolute Gasteiger partial charge is 0.281 e. The third kappa shape index (κ3) is 6.15. The molecule has 0 aromatic carbocycles. The van der Waals surface area contributed by atoms with Gasteiger partial charge >= 0.3 is 0 Å². The topological polar surface area (TPSA) is 71.5 Å². The summed E-state index contributed by atoms with van der Waals surface area (Å²) in [7, 11) is 0. The van der Waals surface area contributed by atoms with Gasteiger partial charge < -0.3 is 4.98 Å². The lowest BCUT2D eigenvalue weighted by atomic mass is 9.93. The van der Waals surface area contributed by atoms with Crippen molar-refractivity contribution in [3.05, 3.63) is 49.0 Å². The Hall–Kier alpha value is -0.980. The average Bonchev–Trinajstić information content (AvgIpc) is 2.43. The van der Waals surface area contributed by atoms with Crippen LogP contribution < -0.4 is 5.56 Å². The number of aromatic amines is 1. The first-order valence-corrected chi connectivity index (χ1v) is 8.81.